The van der Waals surface area contributed by atoms with E-state index in [0.717, 1.165) is 32.0 Å². The third kappa shape index (κ3) is 3.09. The fourth-order valence-corrected chi connectivity index (χ4v) is 4.41. The van der Waals surface area contributed by atoms with E-state index in [0.29, 0.717) is 11.1 Å². The maximum absolute atomic E-state index is 13.4. The van der Waals surface area contributed by atoms with Gasteiger partial charge in [0.25, 0.3) is 0 Å². The minimum absolute atomic E-state index is 0.00370. The Morgan fingerprint density at radius 1 is 0.815 bits per heavy atom. The number of carbonyl (C=O) groups excluding carboxylic acids is 1. The highest BCUT2D eigenvalue weighted by atomic mass is 32.1. The topological polar surface area (TPSA) is 35.5 Å². The average Bonchev–Trinajstić information content (AvgIpc) is 3.12. The molecule has 0 spiro atoms. The molecule has 0 radical (unpaired) electrons. The van der Waals surface area contributed by atoms with Crippen LogP contribution in [0.15, 0.2) is 72.8 Å². The molecule has 1 heterocycles. The Balaban J connectivity index is 1.94. The Kier molecular flexibility index (Phi) is 4.65. The molecular formula is C23H18O3S. The van der Waals surface area contributed by atoms with E-state index < -0.39 is 0 Å². The predicted molar refractivity (Wildman–Crippen MR) is 110 cm³/mol. The van der Waals surface area contributed by atoms with Crippen LogP contribution in [-0.2, 0) is 0 Å². The summed E-state index contributed by atoms with van der Waals surface area (Å²) in [5, 5.41) is 0.962. The fourth-order valence-electron chi connectivity index (χ4n) is 3.18. The number of ketones is 1. The minimum atomic E-state index is -0.00370. The molecule has 0 amide bonds. The summed E-state index contributed by atoms with van der Waals surface area (Å²) >= 11 is 1.61. The van der Waals surface area contributed by atoms with Gasteiger partial charge in [-0.2, -0.15) is 0 Å². The van der Waals surface area contributed by atoms with Gasteiger partial charge < -0.3 is 9.47 Å². The monoisotopic (exact) mass is 374 g/mol. The van der Waals surface area contributed by atoms with Crippen molar-refractivity contribution in [1.82, 2.24) is 0 Å². The van der Waals surface area contributed by atoms with E-state index in [1.807, 2.05) is 60.7 Å². The van der Waals surface area contributed by atoms with E-state index in [4.69, 9.17) is 9.47 Å². The molecule has 4 aromatic rings. The lowest BCUT2D eigenvalue weighted by Gasteiger charge is -2.09. The molecule has 0 saturated heterocycles. The van der Waals surface area contributed by atoms with Crippen molar-refractivity contribution in [2.24, 2.45) is 0 Å². The Morgan fingerprint density at radius 2 is 1.52 bits per heavy atom. The summed E-state index contributed by atoms with van der Waals surface area (Å²) in [6.07, 6.45) is 0. The minimum Gasteiger partial charge on any atom is -0.497 e. The summed E-state index contributed by atoms with van der Waals surface area (Å²) in [6, 6.07) is 23.0. The van der Waals surface area contributed by atoms with Gasteiger partial charge in [0.05, 0.1) is 19.1 Å². The summed E-state index contributed by atoms with van der Waals surface area (Å²) in [6.45, 7) is 0. The normalized spacial score (nSPS) is 10.7. The van der Waals surface area contributed by atoms with E-state index in [1.54, 1.807) is 37.7 Å². The molecule has 0 aliphatic heterocycles. The lowest BCUT2D eigenvalue weighted by atomic mass is 9.97. The molecule has 0 fully saturated rings. The number of methoxy groups -OCH3 is 2. The summed E-state index contributed by atoms with van der Waals surface area (Å²) in [5.74, 6) is 1.48. The molecule has 3 aromatic carbocycles. The second-order valence-electron chi connectivity index (χ2n) is 6.06. The van der Waals surface area contributed by atoms with E-state index in [-0.39, 0.29) is 5.78 Å². The van der Waals surface area contributed by atoms with Crippen LogP contribution in [0.2, 0.25) is 0 Å². The second-order valence-corrected chi connectivity index (χ2v) is 7.11. The molecule has 0 N–H and O–H groups in total. The van der Waals surface area contributed by atoms with Crippen LogP contribution in [0.3, 0.4) is 0 Å². The lowest BCUT2D eigenvalue weighted by molar-refractivity contribution is 0.104. The first-order chi connectivity index (χ1) is 13.2. The van der Waals surface area contributed by atoms with Gasteiger partial charge in [-0.1, -0.05) is 30.3 Å². The van der Waals surface area contributed by atoms with E-state index in [9.17, 15) is 4.79 Å². The molecule has 0 unspecified atom stereocenters. The van der Waals surface area contributed by atoms with Gasteiger partial charge in [-0.3, -0.25) is 4.79 Å². The molecule has 4 rings (SSSR count). The zero-order chi connectivity index (χ0) is 18.8. The molecule has 4 heteroatoms. The third-order valence-electron chi connectivity index (χ3n) is 4.53. The molecule has 134 valence electrons. The van der Waals surface area contributed by atoms with Gasteiger partial charge in [-0.15, -0.1) is 11.3 Å². The van der Waals surface area contributed by atoms with Crippen LogP contribution in [0, 0.1) is 0 Å². The molecule has 1 aromatic heterocycles. The standard InChI is InChI=1S/C23H18O3S/c1-25-16-13-11-15(12-14-16)22(24)21-18-8-4-6-10-20(18)27-23(21)17-7-3-5-9-19(17)26-2/h3-14H,1-2H3. The maximum atomic E-state index is 13.4. The van der Waals surface area contributed by atoms with Crippen LogP contribution in [0.4, 0.5) is 0 Å². The Labute approximate surface area is 161 Å². The van der Waals surface area contributed by atoms with E-state index in [2.05, 4.69) is 0 Å². The number of thiophene rings is 1. The molecule has 3 nitrogen and oxygen atoms in total. The highest BCUT2D eigenvalue weighted by Crippen LogP contribution is 2.43. The van der Waals surface area contributed by atoms with Crippen molar-refractivity contribution in [2.45, 2.75) is 0 Å². The molecular weight excluding hydrogens is 356 g/mol. The third-order valence-corrected chi connectivity index (χ3v) is 5.73. The summed E-state index contributed by atoms with van der Waals surface area (Å²) in [4.78, 5) is 14.4. The van der Waals surface area contributed by atoms with Gasteiger partial charge in [-0.25, -0.2) is 0 Å². The zero-order valence-electron chi connectivity index (χ0n) is 15.1. The second kappa shape index (κ2) is 7.25. The summed E-state index contributed by atoms with van der Waals surface area (Å²) in [5.41, 5.74) is 2.28. The van der Waals surface area contributed by atoms with Crippen LogP contribution >= 0.6 is 11.3 Å². The number of benzene rings is 3. The molecule has 0 bridgehead atoms. The number of fused-ring (bicyclic) bond motifs is 1. The van der Waals surface area contributed by atoms with Gasteiger partial charge in [0, 0.05) is 26.8 Å². The molecule has 0 aliphatic rings. The quantitative estimate of drug-likeness (QED) is 0.413. The van der Waals surface area contributed by atoms with Gasteiger partial charge >= 0.3 is 0 Å². The van der Waals surface area contributed by atoms with Gasteiger partial charge in [0.1, 0.15) is 11.5 Å². The van der Waals surface area contributed by atoms with Crippen LogP contribution in [0.1, 0.15) is 15.9 Å². The first-order valence-electron chi connectivity index (χ1n) is 8.56. The van der Waals surface area contributed by atoms with Crippen molar-refractivity contribution in [1.29, 1.82) is 0 Å². The highest BCUT2D eigenvalue weighted by Gasteiger charge is 2.23. The van der Waals surface area contributed by atoms with Crippen molar-refractivity contribution in [3.63, 3.8) is 0 Å². The highest BCUT2D eigenvalue weighted by molar-refractivity contribution is 7.22. The number of carbonyl (C=O) groups is 1. The van der Waals surface area contributed by atoms with Crippen LogP contribution in [0.25, 0.3) is 20.5 Å². The number of ether oxygens (including phenoxy) is 2. The maximum Gasteiger partial charge on any atom is 0.195 e. The van der Waals surface area contributed by atoms with Crippen molar-refractivity contribution >= 4 is 27.2 Å². The van der Waals surface area contributed by atoms with Gasteiger partial charge in [-0.05, 0) is 42.5 Å². The first-order valence-corrected chi connectivity index (χ1v) is 9.38. The Morgan fingerprint density at radius 3 is 2.26 bits per heavy atom. The van der Waals surface area contributed by atoms with Crippen LogP contribution in [-0.4, -0.2) is 20.0 Å². The lowest BCUT2D eigenvalue weighted by Crippen LogP contribution is -2.02. The smallest absolute Gasteiger partial charge is 0.195 e. The number of hydrogen-bond donors (Lipinski definition) is 0. The molecule has 0 saturated carbocycles. The fraction of sp³-hybridized carbons (Fsp3) is 0.0870. The van der Waals surface area contributed by atoms with Crippen molar-refractivity contribution < 1.29 is 14.3 Å². The van der Waals surface area contributed by atoms with Crippen molar-refractivity contribution in [3.8, 4) is 21.9 Å². The molecule has 0 aliphatic carbocycles. The van der Waals surface area contributed by atoms with Crippen molar-refractivity contribution in [2.75, 3.05) is 14.2 Å². The van der Waals surface area contributed by atoms with Crippen LogP contribution < -0.4 is 9.47 Å². The number of para-hydroxylation sites is 1. The Bertz CT molecular complexity index is 1110. The van der Waals surface area contributed by atoms with Crippen LogP contribution in [0.5, 0.6) is 11.5 Å². The Hall–Kier alpha value is -3.11. The molecule has 0 atom stereocenters. The predicted octanol–water partition coefficient (Wildman–Crippen LogP) is 5.82. The van der Waals surface area contributed by atoms with Gasteiger partial charge in [0.15, 0.2) is 5.78 Å². The zero-order valence-corrected chi connectivity index (χ0v) is 15.9. The number of rotatable bonds is 5. The summed E-state index contributed by atoms with van der Waals surface area (Å²) in [7, 11) is 3.26. The van der Waals surface area contributed by atoms with E-state index in [1.165, 1.54) is 0 Å². The molecule has 27 heavy (non-hydrogen) atoms. The summed E-state index contributed by atoms with van der Waals surface area (Å²) < 4.78 is 11.8. The first kappa shape index (κ1) is 17.3. The average molecular weight is 374 g/mol. The largest absolute Gasteiger partial charge is 0.497 e. The number of hydrogen-bond acceptors (Lipinski definition) is 4. The van der Waals surface area contributed by atoms with E-state index >= 15 is 0 Å². The van der Waals surface area contributed by atoms with Gasteiger partial charge in [0.2, 0.25) is 0 Å². The van der Waals surface area contributed by atoms with Crippen molar-refractivity contribution in [3.05, 3.63) is 83.9 Å². The SMILES string of the molecule is COc1ccc(C(=O)c2c(-c3ccccc3OC)sc3ccccc23)cc1.